The van der Waals surface area contributed by atoms with E-state index in [4.69, 9.17) is 20.3 Å². The normalized spacial score (nSPS) is 13.6. The molecule has 0 amide bonds. The summed E-state index contributed by atoms with van der Waals surface area (Å²) < 4.78 is 16.2. The zero-order chi connectivity index (χ0) is 14.9. The lowest BCUT2D eigenvalue weighted by Gasteiger charge is -2.15. The number of H-pyrrole nitrogens is 1. The maximum Gasteiger partial charge on any atom is 0.527 e. The van der Waals surface area contributed by atoms with E-state index in [1.807, 2.05) is 0 Å². The molecular formula is C8H12N5O6P. The zero-order valence-electron chi connectivity index (χ0n) is 9.96. The molecule has 6 N–H and O–H groups in total. The molecule has 0 aliphatic carbocycles. The second kappa shape index (κ2) is 5.31. The van der Waals surface area contributed by atoms with Crippen LogP contribution < -0.4 is 10.0 Å². The molecule has 110 valence electrons. The van der Waals surface area contributed by atoms with Crippen molar-refractivity contribution >= 4 is 19.0 Å². The average molecular weight is 305 g/mol. The van der Waals surface area contributed by atoms with E-state index in [0.29, 0.717) is 0 Å². The van der Waals surface area contributed by atoms with E-state index >= 15 is 0 Å². The number of phosphoric ester groups is 1. The first-order valence-electron chi connectivity index (χ1n) is 5.34. The maximum absolute atomic E-state index is 10.9. The van der Waals surface area contributed by atoms with Gasteiger partial charge in [-0.3, -0.25) is 19.8 Å². The molecular weight excluding hydrogens is 293 g/mol. The van der Waals surface area contributed by atoms with Gasteiger partial charge < -0.3 is 19.7 Å². The standard InChI is InChI=1S/C8H12N5O6P/c9-6-5-7(11-3-10-5)12-8(19-20(16,17)18)13(6)1-4(15)2-14/h3-4,9,14-15H,1-2H2,(H,10,11)(H2,16,17,18). The molecule has 2 rings (SSSR count). The Hall–Kier alpha value is -1.78. The predicted molar refractivity (Wildman–Crippen MR) is 63.5 cm³/mol. The van der Waals surface area contributed by atoms with Crippen molar-refractivity contribution in [3.05, 3.63) is 11.8 Å². The van der Waals surface area contributed by atoms with Crippen LogP contribution in [0.2, 0.25) is 0 Å². The predicted octanol–water partition coefficient (Wildman–Crippen LogP) is -1.94. The molecule has 2 aromatic heterocycles. The van der Waals surface area contributed by atoms with Crippen LogP contribution in [0.25, 0.3) is 11.2 Å². The molecule has 11 nitrogen and oxygen atoms in total. The molecule has 2 heterocycles. The van der Waals surface area contributed by atoms with Gasteiger partial charge in [0.05, 0.1) is 25.6 Å². The fourth-order valence-corrected chi connectivity index (χ4v) is 1.89. The Kier molecular flexibility index (Phi) is 3.88. The Balaban J connectivity index is 2.59. The lowest BCUT2D eigenvalue weighted by molar-refractivity contribution is 0.0779. The molecule has 20 heavy (non-hydrogen) atoms. The van der Waals surface area contributed by atoms with Crippen molar-refractivity contribution in [3.63, 3.8) is 0 Å². The molecule has 1 atom stereocenters. The summed E-state index contributed by atoms with van der Waals surface area (Å²) in [6.07, 6.45) is 0.00874. The smallest absolute Gasteiger partial charge is 0.394 e. The highest BCUT2D eigenvalue weighted by atomic mass is 31.2. The molecule has 1 unspecified atom stereocenters. The van der Waals surface area contributed by atoms with Gasteiger partial charge in [0.1, 0.15) is 5.52 Å². The Morgan fingerprint density at radius 2 is 2.25 bits per heavy atom. The summed E-state index contributed by atoms with van der Waals surface area (Å²) in [7, 11) is -4.89. The molecule has 12 heteroatoms. The van der Waals surface area contributed by atoms with Crippen LogP contribution in [0.4, 0.5) is 0 Å². The average Bonchev–Trinajstić information content (AvgIpc) is 2.80. The Morgan fingerprint density at radius 1 is 1.55 bits per heavy atom. The van der Waals surface area contributed by atoms with Gasteiger partial charge in [0, 0.05) is 0 Å². The topological polar surface area (TPSA) is 178 Å². The number of hydrogen-bond acceptors (Lipinski definition) is 7. The summed E-state index contributed by atoms with van der Waals surface area (Å²) in [4.78, 5) is 27.8. The molecule has 0 saturated carbocycles. The van der Waals surface area contributed by atoms with Crippen molar-refractivity contribution in [1.29, 1.82) is 5.41 Å². The van der Waals surface area contributed by atoms with E-state index in [1.165, 1.54) is 6.33 Å². The molecule has 0 fully saturated rings. The second-order valence-corrected chi connectivity index (χ2v) is 5.04. The highest BCUT2D eigenvalue weighted by Gasteiger charge is 2.22. The van der Waals surface area contributed by atoms with Gasteiger partial charge in [0.2, 0.25) is 0 Å². The van der Waals surface area contributed by atoms with Crippen molar-refractivity contribution in [3.8, 4) is 6.01 Å². The molecule has 0 aliphatic rings. The van der Waals surface area contributed by atoms with Crippen LogP contribution in [0.15, 0.2) is 6.33 Å². The molecule has 0 saturated heterocycles. The summed E-state index contributed by atoms with van der Waals surface area (Å²) in [5, 5.41) is 26.1. The first kappa shape index (κ1) is 14.6. The summed E-state index contributed by atoms with van der Waals surface area (Å²) in [5.74, 6) is 0. The van der Waals surface area contributed by atoms with Crippen LogP contribution in [-0.2, 0) is 11.1 Å². The van der Waals surface area contributed by atoms with Crippen molar-refractivity contribution in [2.24, 2.45) is 0 Å². The molecule has 0 aliphatic heterocycles. The van der Waals surface area contributed by atoms with Gasteiger partial charge in [-0.1, -0.05) is 0 Å². The lowest BCUT2D eigenvalue weighted by Crippen LogP contribution is -2.30. The quantitative estimate of drug-likeness (QED) is 0.345. The van der Waals surface area contributed by atoms with Gasteiger partial charge in [0.25, 0.3) is 0 Å². The first-order valence-corrected chi connectivity index (χ1v) is 6.87. The van der Waals surface area contributed by atoms with Gasteiger partial charge in [-0.2, -0.15) is 4.98 Å². The third-order valence-electron chi connectivity index (χ3n) is 2.36. The van der Waals surface area contributed by atoms with Crippen LogP contribution in [-0.4, -0.2) is 52.2 Å². The number of aliphatic hydroxyl groups excluding tert-OH is 2. The zero-order valence-corrected chi connectivity index (χ0v) is 10.9. The fourth-order valence-electron chi connectivity index (χ4n) is 1.54. The fraction of sp³-hybridized carbons (Fsp3) is 0.375. The van der Waals surface area contributed by atoms with Crippen molar-refractivity contribution in [2.45, 2.75) is 12.6 Å². The van der Waals surface area contributed by atoms with Crippen molar-refractivity contribution < 1.29 is 29.1 Å². The Labute approximate surface area is 111 Å². The Bertz CT molecular complexity index is 720. The minimum absolute atomic E-state index is 0.0354. The lowest BCUT2D eigenvalue weighted by atomic mass is 10.3. The number of nitrogens with zero attached hydrogens (tertiary/aromatic N) is 3. The number of rotatable bonds is 5. The highest BCUT2D eigenvalue weighted by Crippen LogP contribution is 2.36. The van der Waals surface area contributed by atoms with Crippen molar-refractivity contribution in [1.82, 2.24) is 19.5 Å². The molecule has 0 radical (unpaired) electrons. The van der Waals surface area contributed by atoms with Gasteiger partial charge >= 0.3 is 13.8 Å². The van der Waals surface area contributed by atoms with E-state index in [-0.39, 0.29) is 23.2 Å². The number of fused-ring (bicyclic) bond motifs is 1. The number of hydrogen-bond donors (Lipinski definition) is 6. The first-order chi connectivity index (χ1) is 9.31. The van der Waals surface area contributed by atoms with E-state index in [0.717, 1.165) is 4.57 Å². The van der Waals surface area contributed by atoms with Gasteiger partial charge in [0.15, 0.2) is 11.1 Å². The van der Waals surface area contributed by atoms with Crippen LogP contribution in [0.1, 0.15) is 0 Å². The third kappa shape index (κ3) is 3.03. The second-order valence-electron chi connectivity index (χ2n) is 3.87. The SMILES string of the molecule is N=c1c2[nH]cnc2nc(OP(=O)(O)O)n1CC(O)CO. The number of aliphatic hydroxyl groups is 2. The van der Waals surface area contributed by atoms with Crippen LogP contribution in [0.3, 0.4) is 0 Å². The van der Waals surface area contributed by atoms with E-state index < -0.39 is 26.5 Å². The number of aromatic nitrogens is 4. The highest BCUT2D eigenvalue weighted by molar-refractivity contribution is 7.46. The minimum atomic E-state index is -4.89. The van der Waals surface area contributed by atoms with Crippen LogP contribution >= 0.6 is 7.82 Å². The molecule has 2 aromatic rings. The Morgan fingerprint density at radius 3 is 2.85 bits per heavy atom. The van der Waals surface area contributed by atoms with Crippen LogP contribution in [0, 0.1) is 5.41 Å². The molecule has 0 aromatic carbocycles. The summed E-state index contributed by atoms with van der Waals surface area (Å²) in [6.45, 7) is -0.921. The number of nitrogens with one attached hydrogen (secondary N) is 2. The number of phosphoric acid groups is 1. The van der Waals surface area contributed by atoms with Gasteiger partial charge in [-0.05, 0) is 0 Å². The van der Waals surface area contributed by atoms with Gasteiger partial charge in [-0.25, -0.2) is 9.55 Å². The largest absolute Gasteiger partial charge is 0.527 e. The maximum atomic E-state index is 10.9. The van der Waals surface area contributed by atoms with Gasteiger partial charge in [-0.15, -0.1) is 0 Å². The minimum Gasteiger partial charge on any atom is -0.394 e. The number of aromatic amines is 1. The summed E-state index contributed by atoms with van der Waals surface area (Å²) in [5.41, 5.74) is -0.00941. The van der Waals surface area contributed by atoms with E-state index in [1.54, 1.807) is 0 Å². The van der Waals surface area contributed by atoms with E-state index in [2.05, 4.69) is 19.5 Å². The van der Waals surface area contributed by atoms with Crippen LogP contribution in [0.5, 0.6) is 6.01 Å². The third-order valence-corrected chi connectivity index (χ3v) is 2.76. The molecule has 0 spiro atoms. The monoisotopic (exact) mass is 305 g/mol. The van der Waals surface area contributed by atoms with Crippen molar-refractivity contribution in [2.75, 3.05) is 6.61 Å². The van der Waals surface area contributed by atoms with E-state index in [9.17, 15) is 9.67 Å². The molecule has 0 bridgehead atoms. The summed E-state index contributed by atoms with van der Waals surface area (Å²) >= 11 is 0. The number of imidazole rings is 1. The summed E-state index contributed by atoms with van der Waals surface area (Å²) in [6, 6.07) is -0.574.